The molecular weight excluding hydrogens is 386 g/mol. The summed E-state index contributed by atoms with van der Waals surface area (Å²) in [5, 5.41) is 0. The quantitative estimate of drug-likeness (QED) is 0.480. The van der Waals surface area contributed by atoms with Crippen molar-refractivity contribution in [2.75, 3.05) is 14.2 Å². The molecule has 0 atom stereocenters. The Hall–Kier alpha value is -3.12. The second-order valence-corrected chi connectivity index (χ2v) is 8.91. The minimum Gasteiger partial charge on any atom is -0.454 e. The van der Waals surface area contributed by atoms with Gasteiger partial charge in [0.05, 0.1) is 19.1 Å². The van der Waals surface area contributed by atoms with Gasteiger partial charge in [0.1, 0.15) is 0 Å². The van der Waals surface area contributed by atoms with E-state index < -0.39 is 14.7 Å². The van der Waals surface area contributed by atoms with Crippen molar-refractivity contribution in [2.24, 2.45) is 4.99 Å². The van der Waals surface area contributed by atoms with E-state index in [0.717, 1.165) is 16.7 Å². The van der Waals surface area contributed by atoms with E-state index in [9.17, 15) is 8.42 Å². The maximum Gasteiger partial charge on any atom is 0.385 e. The molecule has 0 radical (unpaired) electrons. The molecule has 3 aromatic carbocycles. The van der Waals surface area contributed by atoms with Gasteiger partial charge >= 0.3 is 6.08 Å². The molecule has 0 heterocycles. The fraction of sp³-hybridized carbons (Fsp3) is 0.174. The maximum absolute atomic E-state index is 14.1. The number of methoxy groups -OCH3 is 2. The Bertz CT molecular complexity index is 1150. The number of hydrogen-bond acceptors (Lipinski definition) is 5. The van der Waals surface area contributed by atoms with Gasteiger partial charge < -0.3 is 9.47 Å². The van der Waals surface area contributed by atoms with Crippen LogP contribution in [0.4, 0.5) is 0 Å². The topological polar surface area (TPSA) is 65.0 Å². The number of fused-ring (bicyclic) bond motifs is 3. The minimum absolute atomic E-state index is 0.104. The highest BCUT2D eigenvalue weighted by atomic mass is 32.2. The Morgan fingerprint density at radius 1 is 0.793 bits per heavy atom. The van der Waals surface area contributed by atoms with Crippen molar-refractivity contribution >= 4 is 15.9 Å². The molecule has 0 unspecified atom stereocenters. The first-order valence-corrected chi connectivity index (χ1v) is 10.6. The van der Waals surface area contributed by atoms with Crippen LogP contribution in [0.1, 0.15) is 16.7 Å². The molecule has 0 saturated heterocycles. The van der Waals surface area contributed by atoms with E-state index in [1.54, 1.807) is 36.4 Å². The molecule has 0 aromatic heterocycles. The predicted molar refractivity (Wildman–Crippen MR) is 112 cm³/mol. The summed E-state index contributed by atoms with van der Waals surface area (Å²) in [6.45, 7) is 1.92. The Morgan fingerprint density at radius 2 is 1.28 bits per heavy atom. The normalized spacial score (nSPS) is 13.9. The van der Waals surface area contributed by atoms with E-state index in [0.29, 0.717) is 11.1 Å². The molecule has 0 amide bonds. The molecule has 0 aliphatic heterocycles. The predicted octanol–water partition coefficient (Wildman–Crippen LogP) is 4.30. The van der Waals surface area contributed by atoms with Gasteiger partial charge in [0, 0.05) is 11.1 Å². The van der Waals surface area contributed by atoms with E-state index in [2.05, 4.69) is 4.99 Å². The first-order chi connectivity index (χ1) is 14.0. The molecule has 1 aliphatic rings. The molecule has 0 saturated carbocycles. The van der Waals surface area contributed by atoms with Crippen molar-refractivity contribution < 1.29 is 17.9 Å². The van der Waals surface area contributed by atoms with Crippen LogP contribution in [0.5, 0.6) is 0 Å². The standard InChI is InChI=1S/C23H21NO4S/c1-16-12-14-17(15-13-16)29(25,26)23(24-22(27-2)28-3)20-10-6-4-8-18(20)19-9-5-7-11-21(19)23/h4-15H,1-3H3. The Kier molecular flexibility index (Phi) is 4.67. The zero-order valence-electron chi connectivity index (χ0n) is 16.4. The van der Waals surface area contributed by atoms with Crippen molar-refractivity contribution in [1.82, 2.24) is 0 Å². The lowest BCUT2D eigenvalue weighted by molar-refractivity contribution is 0.237. The Balaban J connectivity index is 2.15. The highest BCUT2D eigenvalue weighted by molar-refractivity contribution is 7.92. The molecule has 6 heteroatoms. The molecule has 3 aromatic rings. The second-order valence-electron chi connectivity index (χ2n) is 6.84. The van der Waals surface area contributed by atoms with Crippen LogP contribution in [0, 0.1) is 6.92 Å². The number of aryl methyl sites for hydroxylation is 1. The highest BCUT2D eigenvalue weighted by Gasteiger charge is 2.55. The SMILES string of the molecule is COC(=NC1(S(=O)(=O)c2ccc(C)cc2)c2ccccc2-c2ccccc21)OC. The van der Waals surface area contributed by atoms with Gasteiger partial charge in [0.15, 0.2) is 0 Å². The lowest BCUT2D eigenvalue weighted by Crippen LogP contribution is -2.35. The summed E-state index contributed by atoms with van der Waals surface area (Å²) in [4.78, 5) is 3.06. The zero-order valence-corrected chi connectivity index (χ0v) is 17.2. The molecule has 0 bridgehead atoms. The van der Waals surface area contributed by atoms with Crippen LogP contribution in [-0.2, 0) is 24.2 Å². The molecular formula is C23H21NO4S. The highest BCUT2D eigenvalue weighted by Crippen LogP contribution is 2.54. The fourth-order valence-electron chi connectivity index (χ4n) is 3.83. The largest absolute Gasteiger partial charge is 0.454 e. The van der Waals surface area contributed by atoms with E-state index in [-0.39, 0.29) is 11.0 Å². The van der Waals surface area contributed by atoms with Crippen molar-refractivity contribution in [1.29, 1.82) is 0 Å². The van der Waals surface area contributed by atoms with E-state index in [4.69, 9.17) is 9.47 Å². The van der Waals surface area contributed by atoms with Crippen LogP contribution in [-0.4, -0.2) is 28.7 Å². The zero-order chi connectivity index (χ0) is 20.6. The van der Waals surface area contributed by atoms with Gasteiger partial charge in [-0.1, -0.05) is 66.2 Å². The third-order valence-corrected chi connectivity index (χ3v) is 7.39. The first-order valence-electron chi connectivity index (χ1n) is 9.14. The number of sulfone groups is 1. The first kappa shape index (κ1) is 19.2. The van der Waals surface area contributed by atoms with Gasteiger partial charge in [-0.15, -0.1) is 0 Å². The smallest absolute Gasteiger partial charge is 0.385 e. The third-order valence-electron chi connectivity index (χ3n) is 5.19. The molecule has 0 N–H and O–H groups in total. The summed E-state index contributed by atoms with van der Waals surface area (Å²) >= 11 is 0. The lowest BCUT2D eigenvalue weighted by atomic mass is 10.1. The van der Waals surface area contributed by atoms with Gasteiger partial charge in [0.2, 0.25) is 14.7 Å². The summed E-state index contributed by atoms with van der Waals surface area (Å²) < 4.78 is 38.7. The van der Waals surface area contributed by atoms with Crippen molar-refractivity contribution in [3.63, 3.8) is 0 Å². The number of rotatable bonds is 3. The van der Waals surface area contributed by atoms with Crippen LogP contribution >= 0.6 is 0 Å². The van der Waals surface area contributed by atoms with Gasteiger partial charge in [-0.25, -0.2) is 8.42 Å². The molecule has 0 fully saturated rings. The number of aliphatic imine (C=N–C) groups is 1. The molecule has 5 nitrogen and oxygen atoms in total. The lowest BCUT2D eigenvalue weighted by Gasteiger charge is -2.28. The molecule has 148 valence electrons. The maximum atomic E-state index is 14.1. The minimum atomic E-state index is -4.01. The van der Waals surface area contributed by atoms with Crippen LogP contribution in [0.25, 0.3) is 11.1 Å². The van der Waals surface area contributed by atoms with Crippen LogP contribution < -0.4 is 0 Å². The summed E-state index contributed by atoms with van der Waals surface area (Å²) in [6.07, 6.45) is -0.104. The van der Waals surface area contributed by atoms with Crippen molar-refractivity contribution in [2.45, 2.75) is 16.7 Å². The van der Waals surface area contributed by atoms with E-state index >= 15 is 0 Å². The molecule has 1 aliphatic carbocycles. The number of ether oxygens (including phenoxy) is 2. The van der Waals surface area contributed by atoms with E-state index in [1.165, 1.54) is 14.2 Å². The second kappa shape index (κ2) is 7.04. The van der Waals surface area contributed by atoms with Gasteiger partial charge in [-0.2, -0.15) is 4.99 Å². The number of benzene rings is 3. The van der Waals surface area contributed by atoms with Gasteiger partial charge in [-0.05, 0) is 30.2 Å². The Morgan fingerprint density at radius 3 is 1.76 bits per heavy atom. The summed E-state index contributed by atoms with van der Waals surface area (Å²) in [5.74, 6) is 0. The third kappa shape index (κ3) is 2.75. The number of hydrogen-bond donors (Lipinski definition) is 0. The summed E-state index contributed by atoms with van der Waals surface area (Å²) in [7, 11) is -1.20. The summed E-state index contributed by atoms with van der Waals surface area (Å²) in [5.41, 5.74) is 3.79. The van der Waals surface area contributed by atoms with Crippen LogP contribution in [0.3, 0.4) is 0 Å². The fourth-order valence-corrected chi connectivity index (χ4v) is 5.80. The van der Waals surface area contributed by atoms with Gasteiger partial charge in [-0.3, -0.25) is 0 Å². The van der Waals surface area contributed by atoms with Crippen molar-refractivity contribution in [3.8, 4) is 11.1 Å². The molecule has 4 rings (SSSR count). The average Bonchev–Trinajstić information content (AvgIpc) is 3.04. The molecule has 29 heavy (non-hydrogen) atoms. The van der Waals surface area contributed by atoms with Crippen LogP contribution in [0.15, 0.2) is 82.7 Å². The number of nitrogens with zero attached hydrogens (tertiary/aromatic N) is 1. The monoisotopic (exact) mass is 407 g/mol. The summed E-state index contributed by atoms with van der Waals surface area (Å²) in [6, 6.07) is 21.6. The van der Waals surface area contributed by atoms with Crippen LogP contribution in [0.2, 0.25) is 0 Å². The van der Waals surface area contributed by atoms with E-state index in [1.807, 2.05) is 43.3 Å². The van der Waals surface area contributed by atoms with Crippen molar-refractivity contribution in [3.05, 3.63) is 89.5 Å². The van der Waals surface area contributed by atoms with Gasteiger partial charge in [0.25, 0.3) is 0 Å². The average molecular weight is 407 g/mol. The Labute approximate surface area is 170 Å². The molecule has 0 spiro atoms.